The number of rotatable bonds is 5. The van der Waals surface area contributed by atoms with Crippen LogP contribution in [-0.4, -0.2) is 67.5 Å². The lowest BCUT2D eigenvalue weighted by molar-refractivity contribution is -0.129. The largest absolute Gasteiger partial charge is 0.487 e. The molecule has 1 aliphatic carbocycles. The minimum absolute atomic E-state index is 0.0616. The summed E-state index contributed by atoms with van der Waals surface area (Å²) in [6, 6.07) is 4.36. The number of aliphatic hydroxyl groups excluding tert-OH is 1. The third kappa shape index (κ3) is 6.08. The van der Waals surface area contributed by atoms with Gasteiger partial charge in [0.25, 0.3) is 0 Å². The highest BCUT2D eigenvalue weighted by atomic mass is 32.2. The van der Waals surface area contributed by atoms with Crippen molar-refractivity contribution in [2.75, 3.05) is 26.7 Å². The molecule has 0 unspecified atom stereocenters. The first-order valence-corrected chi connectivity index (χ1v) is 13.2. The van der Waals surface area contributed by atoms with Gasteiger partial charge in [-0.3, -0.25) is 4.79 Å². The van der Waals surface area contributed by atoms with Crippen LogP contribution in [0, 0.1) is 23.7 Å². The molecule has 1 aromatic rings. The zero-order chi connectivity index (χ0) is 24.2. The maximum absolute atomic E-state index is 13.5. The number of nitrogens with zero attached hydrogens (tertiary/aromatic N) is 2. The van der Waals surface area contributed by atoms with Gasteiger partial charge in [-0.25, -0.2) is 8.42 Å². The van der Waals surface area contributed by atoms with Gasteiger partial charge in [0.05, 0.1) is 13.2 Å². The Labute approximate surface area is 198 Å². The molecule has 1 amide bonds. The molecule has 0 bridgehead atoms. The van der Waals surface area contributed by atoms with Crippen LogP contribution < -0.4 is 4.74 Å². The highest BCUT2D eigenvalue weighted by Gasteiger charge is 2.38. The van der Waals surface area contributed by atoms with Crippen molar-refractivity contribution < 1.29 is 23.1 Å². The predicted molar refractivity (Wildman–Crippen MR) is 127 cm³/mol. The van der Waals surface area contributed by atoms with Crippen LogP contribution in [-0.2, 0) is 14.8 Å². The van der Waals surface area contributed by atoms with E-state index in [4.69, 9.17) is 4.74 Å². The molecule has 182 valence electrons. The van der Waals surface area contributed by atoms with E-state index in [1.54, 1.807) is 37.1 Å². The Morgan fingerprint density at radius 1 is 1.33 bits per heavy atom. The van der Waals surface area contributed by atoms with Gasteiger partial charge in [0, 0.05) is 44.5 Å². The maximum Gasteiger partial charge on any atom is 0.247 e. The van der Waals surface area contributed by atoms with Crippen LogP contribution in [0.5, 0.6) is 5.75 Å². The average Bonchev–Trinajstić information content (AvgIpc) is 3.29. The van der Waals surface area contributed by atoms with Gasteiger partial charge in [-0.15, -0.1) is 0 Å². The second-order valence-corrected chi connectivity index (χ2v) is 11.3. The van der Waals surface area contributed by atoms with Crippen LogP contribution in [0.15, 0.2) is 23.1 Å². The minimum Gasteiger partial charge on any atom is -0.487 e. The summed E-state index contributed by atoms with van der Waals surface area (Å²) in [6.45, 7) is 5.31. The van der Waals surface area contributed by atoms with Crippen molar-refractivity contribution in [2.45, 2.75) is 69.9 Å². The third-order valence-corrected chi connectivity index (χ3v) is 8.78. The predicted octanol–water partition coefficient (Wildman–Crippen LogP) is 2.87. The quantitative estimate of drug-likeness (QED) is 0.661. The lowest BCUT2D eigenvalue weighted by Crippen LogP contribution is -2.50. The van der Waals surface area contributed by atoms with Gasteiger partial charge in [0.15, 0.2) is 0 Å². The molecule has 0 radical (unpaired) electrons. The highest BCUT2D eigenvalue weighted by molar-refractivity contribution is 7.89. The van der Waals surface area contributed by atoms with E-state index < -0.39 is 22.2 Å². The molecule has 1 aromatic carbocycles. The van der Waals surface area contributed by atoms with Gasteiger partial charge in [0.1, 0.15) is 16.7 Å². The summed E-state index contributed by atoms with van der Waals surface area (Å²) in [5.41, 5.74) is 0.704. The first-order chi connectivity index (χ1) is 15.6. The van der Waals surface area contributed by atoms with Gasteiger partial charge in [-0.2, -0.15) is 4.31 Å². The van der Waals surface area contributed by atoms with E-state index in [0.29, 0.717) is 18.0 Å². The Balaban J connectivity index is 1.98. The van der Waals surface area contributed by atoms with Crippen molar-refractivity contribution >= 4 is 15.9 Å². The van der Waals surface area contributed by atoms with Crippen LogP contribution in [0.4, 0.5) is 0 Å². The summed E-state index contributed by atoms with van der Waals surface area (Å²) < 4.78 is 34.6. The Kier molecular flexibility index (Phi) is 8.43. The van der Waals surface area contributed by atoms with E-state index in [-0.39, 0.29) is 35.6 Å². The van der Waals surface area contributed by atoms with E-state index in [9.17, 15) is 18.3 Å². The molecule has 8 heteroatoms. The number of ether oxygens (including phenoxy) is 1. The van der Waals surface area contributed by atoms with Crippen LogP contribution in [0.2, 0.25) is 0 Å². The minimum atomic E-state index is -3.89. The fraction of sp³-hybridized carbons (Fsp3) is 0.640. The molecular formula is C25H36N2O5S. The lowest BCUT2D eigenvalue weighted by Gasteiger charge is -2.37. The standard InChI is InChI=1S/C25H36N2O5S/c1-18-15-27(19(2)17-28)33(30,31)25-13-12-22(11-7-10-21-8-5-6-9-21)14-23(25)32-24(18)16-26(4)20(3)29/h12-14,18-19,21,24,28H,5-6,8-10,15-17H2,1-4H3/t18-,19-,24-/m1/s1. The number of hydrogen-bond acceptors (Lipinski definition) is 5. The normalized spacial score (nSPS) is 23.9. The molecular weight excluding hydrogens is 440 g/mol. The van der Waals surface area contributed by atoms with E-state index in [0.717, 1.165) is 6.42 Å². The Bertz CT molecular complexity index is 1010. The Morgan fingerprint density at radius 3 is 2.67 bits per heavy atom. The van der Waals surface area contributed by atoms with Gasteiger partial charge in [-0.05, 0) is 43.9 Å². The highest BCUT2D eigenvalue weighted by Crippen LogP contribution is 2.34. The number of aliphatic hydroxyl groups is 1. The number of amides is 1. The fourth-order valence-electron chi connectivity index (χ4n) is 4.43. The molecule has 1 aliphatic heterocycles. The van der Waals surface area contributed by atoms with Crippen LogP contribution in [0.1, 0.15) is 58.4 Å². The number of carbonyl (C=O) groups excluding carboxylic acids is 1. The Morgan fingerprint density at radius 2 is 2.03 bits per heavy atom. The van der Waals surface area contributed by atoms with E-state index in [1.807, 2.05) is 6.92 Å². The van der Waals surface area contributed by atoms with E-state index in [1.165, 1.54) is 36.9 Å². The van der Waals surface area contributed by atoms with Crippen molar-refractivity contribution in [3.05, 3.63) is 23.8 Å². The monoisotopic (exact) mass is 476 g/mol. The van der Waals surface area contributed by atoms with Crippen molar-refractivity contribution in [1.82, 2.24) is 9.21 Å². The fourth-order valence-corrected chi connectivity index (χ4v) is 6.26. The molecule has 1 saturated carbocycles. The first kappa shape index (κ1) is 25.5. The third-order valence-electron chi connectivity index (χ3n) is 6.76. The molecule has 3 atom stereocenters. The number of fused-ring (bicyclic) bond motifs is 1. The molecule has 2 aliphatic rings. The average molecular weight is 477 g/mol. The summed E-state index contributed by atoms with van der Waals surface area (Å²) in [7, 11) is -2.18. The molecule has 0 aromatic heterocycles. The summed E-state index contributed by atoms with van der Waals surface area (Å²) >= 11 is 0. The van der Waals surface area contributed by atoms with Gasteiger partial charge in [0.2, 0.25) is 15.9 Å². The van der Waals surface area contributed by atoms with Crippen LogP contribution in [0.25, 0.3) is 0 Å². The number of carbonyl (C=O) groups is 1. The Hall–Kier alpha value is -2.08. The number of hydrogen-bond donors (Lipinski definition) is 1. The summed E-state index contributed by atoms with van der Waals surface area (Å²) in [5.74, 6) is 7.02. The molecule has 0 saturated heterocycles. The van der Waals surface area contributed by atoms with E-state index in [2.05, 4.69) is 11.8 Å². The molecule has 3 rings (SSSR count). The van der Waals surface area contributed by atoms with Crippen molar-refractivity contribution in [3.63, 3.8) is 0 Å². The van der Waals surface area contributed by atoms with Crippen molar-refractivity contribution in [1.29, 1.82) is 0 Å². The zero-order valence-corrected chi connectivity index (χ0v) is 20.9. The van der Waals surface area contributed by atoms with Crippen molar-refractivity contribution in [2.24, 2.45) is 11.8 Å². The second-order valence-electron chi connectivity index (χ2n) is 9.46. The summed E-state index contributed by atoms with van der Waals surface area (Å²) in [6.07, 6.45) is 5.43. The smallest absolute Gasteiger partial charge is 0.247 e. The lowest BCUT2D eigenvalue weighted by atomic mass is 10.0. The van der Waals surface area contributed by atoms with Gasteiger partial charge >= 0.3 is 0 Å². The van der Waals surface area contributed by atoms with Gasteiger partial charge < -0.3 is 14.7 Å². The number of sulfonamides is 1. The first-order valence-electron chi connectivity index (χ1n) is 11.8. The maximum atomic E-state index is 13.5. The van der Waals surface area contributed by atoms with Crippen LogP contribution >= 0.6 is 0 Å². The number of likely N-dealkylation sites (N-methyl/N-ethyl adjacent to an activating group) is 1. The molecule has 1 fully saturated rings. The molecule has 1 heterocycles. The molecule has 7 nitrogen and oxygen atoms in total. The second kappa shape index (κ2) is 10.9. The zero-order valence-electron chi connectivity index (χ0n) is 20.1. The summed E-state index contributed by atoms with van der Waals surface area (Å²) in [4.78, 5) is 13.5. The molecule has 0 spiro atoms. The van der Waals surface area contributed by atoms with Crippen molar-refractivity contribution in [3.8, 4) is 17.6 Å². The topological polar surface area (TPSA) is 87.2 Å². The number of benzene rings is 1. The van der Waals surface area contributed by atoms with Gasteiger partial charge in [-0.1, -0.05) is 31.6 Å². The van der Waals surface area contributed by atoms with Crippen LogP contribution in [0.3, 0.4) is 0 Å². The SMILES string of the molecule is CC(=O)N(C)C[C@H]1Oc2cc(C#CCC3CCCC3)ccc2S(=O)(=O)N([C@H](C)CO)C[C@H]1C. The van der Waals surface area contributed by atoms with E-state index >= 15 is 0 Å². The summed E-state index contributed by atoms with van der Waals surface area (Å²) in [5, 5.41) is 9.72. The molecule has 1 N–H and O–H groups in total. The molecule has 33 heavy (non-hydrogen) atoms.